The van der Waals surface area contributed by atoms with Crippen molar-refractivity contribution < 1.29 is 32.0 Å². The molecular weight excluding hydrogens is 329 g/mol. The Kier molecular flexibility index (Phi) is 4.91. The van der Waals surface area contributed by atoms with Gasteiger partial charge in [0.1, 0.15) is 5.56 Å². The minimum Gasteiger partial charge on any atom is -0.462 e. The Morgan fingerprint density at radius 2 is 1.96 bits per heavy atom. The number of carbonyl (C=O) groups is 2. The van der Waals surface area contributed by atoms with Crippen LogP contribution in [0.15, 0.2) is 28.8 Å². The number of hydrogen-bond donors (Lipinski definition) is 1. The highest BCUT2D eigenvalue weighted by molar-refractivity contribution is 6.08. The van der Waals surface area contributed by atoms with Crippen molar-refractivity contribution in [2.45, 2.75) is 20.0 Å². The largest absolute Gasteiger partial charge is 0.462 e. The van der Waals surface area contributed by atoms with Crippen molar-refractivity contribution in [3.05, 3.63) is 46.6 Å². The van der Waals surface area contributed by atoms with Gasteiger partial charge < -0.3 is 9.26 Å². The highest BCUT2D eigenvalue weighted by Gasteiger charge is 2.35. The van der Waals surface area contributed by atoms with Crippen LogP contribution >= 0.6 is 0 Å². The topological polar surface area (TPSA) is 81.4 Å². The van der Waals surface area contributed by atoms with E-state index in [2.05, 4.69) is 10.5 Å². The second-order valence-corrected chi connectivity index (χ2v) is 4.69. The zero-order valence-corrected chi connectivity index (χ0v) is 12.7. The molecule has 0 atom stereocenters. The van der Waals surface area contributed by atoms with Gasteiger partial charge in [-0.15, -0.1) is 0 Å². The Morgan fingerprint density at radius 1 is 1.29 bits per heavy atom. The van der Waals surface area contributed by atoms with Gasteiger partial charge in [0.2, 0.25) is 5.88 Å². The van der Waals surface area contributed by atoms with Gasteiger partial charge in [-0.05, 0) is 26.0 Å². The predicted octanol–water partition coefficient (Wildman–Crippen LogP) is 3.43. The molecule has 1 aromatic carbocycles. The van der Waals surface area contributed by atoms with Gasteiger partial charge in [-0.3, -0.25) is 10.1 Å². The summed E-state index contributed by atoms with van der Waals surface area (Å²) in [6.07, 6.45) is -4.70. The van der Waals surface area contributed by atoms with Crippen LogP contribution in [-0.2, 0) is 10.9 Å². The van der Waals surface area contributed by atoms with Crippen LogP contribution in [0.3, 0.4) is 0 Å². The van der Waals surface area contributed by atoms with Gasteiger partial charge in [-0.2, -0.15) is 13.2 Å². The molecule has 0 bridgehead atoms. The van der Waals surface area contributed by atoms with Crippen LogP contribution in [0.4, 0.5) is 19.1 Å². The lowest BCUT2D eigenvalue weighted by Crippen LogP contribution is -2.19. The number of ether oxygens (including phenoxy) is 1. The number of anilines is 1. The van der Waals surface area contributed by atoms with Crippen LogP contribution in [0.25, 0.3) is 0 Å². The number of hydrogen-bond acceptors (Lipinski definition) is 5. The van der Waals surface area contributed by atoms with Crippen LogP contribution < -0.4 is 5.32 Å². The molecule has 0 saturated carbocycles. The lowest BCUT2D eigenvalue weighted by atomic mass is 10.1. The summed E-state index contributed by atoms with van der Waals surface area (Å²) in [6.45, 7) is 3.10. The van der Waals surface area contributed by atoms with Gasteiger partial charge in [0.15, 0.2) is 0 Å². The van der Waals surface area contributed by atoms with Gasteiger partial charge >= 0.3 is 12.1 Å². The van der Waals surface area contributed by atoms with E-state index < -0.39 is 29.2 Å². The van der Waals surface area contributed by atoms with Gasteiger partial charge in [-0.1, -0.05) is 17.3 Å². The maximum Gasteiger partial charge on any atom is 0.417 e. The standard InChI is InChI=1S/C15H13F3N2O4/c1-3-23-14(22)11-8(2)20-24-13(11)19-12(21)9-6-4-5-7-10(9)15(16,17)18/h4-7H,3H2,1-2H3,(H,19,21). The summed E-state index contributed by atoms with van der Waals surface area (Å²) in [7, 11) is 0. The number of amides is 1. The quantitative estimate of drug-likeness (QED) is 0.861. The Balaban J connectivity index is 2.34. The first-order valence-electron chi connectivity index (χ1n) is 6.86. The second kappa shape index (κ2) is 6.73. The Hall–Kier alpha value is -2.84. The molecular formula is C15H13F3N2O4. The van der Waals surface area contributed by atoms with Crippen LogP contribution in [0, 0.1) is 6.92 Å². The smallest absolute Gasteiger partial charge is 0.417 e. The van der Waals surface area contributed by atoms with Crippen molar-refractivity contribution in [2.24, 2.45) is 0 Å². The number of rotatable bonds is 4. The monoisotopic (exact) mass is 342 g/mol. The number of aryl methyl sites for hydroxylation is 1. The van der Waals surface area contributed by atoms with Crippen molar-refractivity contribution in [3.63, 3.8) is 0 Å². The van der Waals surface area contributed by atoms with E-state index in [9.17, 15) is 22.8 Å². The van der Waals surface area contributed by atoms with Gasteiger partial charge in [0, 0.05) is 0 Å². The number of carbonyl (C=O) groups excluding carboxylic acids is 2. The summed E-state index contributed by atoms with van der Waals surface area (Å²) in [5, 5.41) is 5.66. The summed E-state index contributed by atoms with van der Waals surface area (Å²) in [6, 6.07) is 4.27. The third-order valence-electron chi connectivity index (χ3n) is 3.05. The average molecular weight is 342 g/mol. The van der Waals surface area contributed by atoms with Gasteiger partial charge in [-0.25, -0.2) is 4.79 Å². The molecule has 0 spiro atoms. The minimum absolute atomic E-state index is 0.0771. The van der Waals surface area contributed by atoms with Crippen molar-refractivity contribution in [1.29, 1.82) is 0 Å². The minimum atomic E-state index is -4.70. The predicted molar refractivity (Wildman–Crippen MR) is 76.6 cm³/mol. The molecule has 0 aliphatic heterocycles. The summed E-state index contributed by atoms with van der Waals surface area (Å²) in [5.41, 5.74) is -1.70. The number of alkyl halides is 3. The molecule has 6 nitrogen and oxygen atoms in total. The summed E-state index contributed by atoms with van der Waals surface area (Å²) >= 11 is 0. The van der Waals surface area contributed by atoms with E-state index in [1.165, 1.54) is 19.1 Å². The fraction of sp³-hybridized carbons (Fsp3) is 0.267. The van der Waals surface area contributed by atoms with Crippen LogP contribution in [0.2, 0.25) is 0 Å². The summed E-state index contributed by atoms with van der Waals surface area (Å²) in [5.74, 6) is -2.24. The van der Waals surface area contributed by atoms with Crippen LogP contribution in [0.1, 0.15) is 38.9 Å². The molecule has 0 aliphatic rings. The molecule has 2 rings (SSSR count). The first-order valence-corrected chi connectivity index (χ1v) is 6.86. The summed E-state index contributed by atoms with van der Waals surface area (Å²) < 4.78 is 48.5. The van der Waals surface area contributed by atoms with E-state index in [4.69, 9.17) is 9.26 Å². The molecule has 1 amide bonds. The zero-order valence-electron chi connectivity index (χ0n) is 12.7. The van der Waals surface area contributed by atoms with E-state index >= 15 is 0 Å². The number of nitrogens with one attached hydrogen (secondary N) is 1. The third-order valence-corrected chi connectivity index (χ3v) is 3.05. The molecule has 0 radical (unpaired) electrons. The molecule has 9 heteroatoms. The van der Waals surface area contributed by atoms with Gasteiger partial charge in [0.05, 0.1) is 23.4 Å². The Morgan fingerprint density at radius 3 is 2.58 bits per heavy atom. The second-order valence-electron chi connectivity index (χ2n) is 4.69. The first-order chi connectivity index (χ1) is 11.3. The molecule has 0 saturated heterocycles. The van der Waals surface area contributed by atoms with E-state index in [1.807, 2.05) is 0 Å². The van der Waals surface area contributed by atoms with Crippen LogP contribution in [0.5, 0.6) is 0 Å². The fourth-order valence-electron chi connectivity index (χ4n) is 2.00. The molecule has 0 aliphatic carbocycles. The highest BCUT2D eigenvalue weighted by Crippen LogP contribution is 2.32. The maximum absolute atomic E-state index is 13.0. The molecule has 0 unspecified atom stereocenters. The van der Waals surface area contributed by atoms with E-state index in [0.717, 1.165) is 12.1 Å². The van der Waals surface area contributed by atoms with Crippen molar-refractivity contribution in [1.82, 2.24) is 5.16 Å². The van der Waals surface area contributed by atoms with Crippen molar-refractivity contribution in [3.8, 4) is 0 Å². The number of nitrogens with zero attached hydrogens (tertiary/aromatic N) is 1. The van der Waals surface area contributed by atoms with Crippen LogP contribution in [-0.4, -0.2) is 23.6 Å². The number of benzene rings is 1. The third kappa shape index (κ3) is 3.55. The molecule has 0 fully saturated rings. The molecule has 1 heterocycles. The number of aromatic nitrogens is 1. The van der Waals surface area contributed by atoms with Crippen molar-refractivity contribution >= 4 is 17.8 Å². The van der Waals surface area contributed by atoms with E-state index in [0.29, 0.717) is 0 Å². The molecule has 1 N–H and O–H groups in total. The van der Waals surface area contributed by atoms with Crippen molar-refractivity contribution in [2.75, 3.05) is 11.9 Å². The van der Waals surface area contributed by atoms with E-state index in [1.54, 1.807) is 6.92 Å². The average Bonchev–Trinajstić information content (AvgIpc) is 2.87. The maximum atomic E-state index is 13.0. The lowest BCUT2D eigenvalue weighted by molar-refractivity contribution is -0.137. The lowest BCUT2D eigenvalue weighted by Gasteiger charge is -2.12. The molecule has 2 aromatic rings. The Labute approximate surface area is 134 Å². The zero-order chi connectivity index (χ0) is 17.9. The normalized spacial score (nSPS) is 11.2. The molecule has 128 valence electrons. The molecule has 1 aromatic heterocycles. The highest BCUT2D eigenvalue weighted by atomic mass is 19.4. The SMILES string of the molecule is CCOC(=O)c1c(C)noc1NC(=O)c1ccccc1C(F)(F)F. The van der Waals surface area contributed by atoms with Gasteiger partial charge in [0.25, 0.3) is 5.91 Å². The van der Waals surface area contributed by atoms with E-state index in [-0.39, 0.29) is 23.7 Å². The first kappa shape index (κ1) is 17.5. The Bertz CT molecular complexity index is 768. The number of esters is 1. The summed E-state index contributed by atoms with van der Waals surface area (Å²) in [4.78, 5) is 24.0. The fourth-order valence-corrected chi connectivity index (χ4v) is 2.00. The molecule has 24 heavy (non-hydrogen) atoms. The number of halogens is 3.